The zero-order valence-corrected chi connectivity index (χ0v) is 12.6. The molecule has 0 heterocycles. The Morgan fingerprint density at radius 2 is 1.73 bits per heavy atom. The van der Waals surface area contributed by atoms with Crippen LogP contribution in [0.1, 0.15) is 24.1 Å². The normalized spacial score (nSPS) is 12.5. The second-order valence-electron chi connectivity index (χ2n) is 4.81. The molecular weight excluding hydrogens is 309 g/mol. The van der Waals surface area contributed by atoms with Gasteiger partial charge in [-0.1, -0.05) is 36.4 Å². The van der Waals surface area contributed by atoms with Crippen LogP contribution >= 0.6 is 12.2 Å². The summed E-state index contributed by atoms with van der Waals surface area (Å²) in [6.45, 7) is 1.93. The van der Waals surface area contributed by atoms with Crippen LogP contribution < -0.4 is 10.6 Å². The number of thiocarbonyl (C=S) groups is 1. The number of rotatable bonds is 3. The van der Waals surface area contributed by atoms with Gasteiger partial charge in [0.2, 0.25) is 0 Å². The van der Waals surface area contributed by atoms with Crippen molar-refractivity contribution in [3.8, 4) is 0 Å². The molecule has 0 amide bonds. The van der Waals surface area contributed by atoms with Gasteiger partial charge in [-0.15, -0.1) is 0 Å². The van der Waals surface area contributed by atoms with E-state index in [1.807, 2.05) is 37.3 Å². The molecule has 1 atom stereocenters. The fourth-order valence-electron chi connectivity index (χ4n) is 1.96. The molecule has 0 fully saturated rings. The van der Waals surface area contributed by atoms with Gasteiger partial charge >= 0.3 is 6.18 Å². The molecule has 2 aromatic rings. The Morgan fingerprint density at radius 3 is 2.36 bits per heavy atom. The highest BCUT2D eigenvalue weighted by molar-refractivity contribution is 7.80. The van der Waals surface area contributed by atoms with E-state index in [2.05, 4.69) is 10.6 Å². The lowest BCUT2D eigenvalue weighted by Gasteiger charge is -2.18. The fourth-order valence-corrected chi connectivity index (χ4v) is 2.26. The number of halogens is 3. The summed E-state index contributed by atoms with van der Waals surface area (Å²) in [5.74, 6) is 0. The smallest absolute Gasteiger partial charge is 0.356 e. The predicted octanol–water partition coefficient (Wildman–Crippen LogP) is 4.75. The number of benzene rings is 2. The van der Waals surface area contributed by atoms with Crippen molar-refractivity contribution in [2.45, 2.75) is 19.1 Å². The molecule has 0 aromatic heterocycles. The van der Waals surface area contributed by atoms with Gasteiger partial charge in [-0.05, 0) is 42.9 Å². The minimum atomic E-state index is -4.37. The SMILES string of the molecule is CC(NC(=S)Nc1cccc(C(F)(F)F)c1)c1ccccc1. The maximum absolute atomic E-state index is 12.7. The van der Waals surface area contributed by atoms with Crippen molar-refractivity contribution >= 4 is 23.0 Å². The van der Waals surface area contributed by atoms with Crippen molar-refractivity contribution in [1.82, 2.24) is 5.32 Å². The summed E-state index contributed by atoms with van der Waals surface area (Å²) in [5, 5.41) is 6.09. The van der Waals surface area contributed by atoms with Gasteiger partial charge in [-0.3, -0.25) is 0 Å². The Labute approximate surface area is 132 Å². The third-order valence-electron chi connectivity index (χ3n) is 3.09. The summed E-state index contributed by atoms with van der Waals surface area (Å²) < 4.78 is 38.0. The molecule has 0 bridgehead atoms. The minimum Gasteiger partial charge on any atom is -0.356 e. The van der Waals surface area contributed by atoms with E-state index in [0.717, 1.165) is 17.7 Å². The summed E-state index contributed by atoms with van der Waals surface area (Å²) >= 11 is 5.15. The Morgan fingerprint density at radius 1 is 1.05 bits per heavy atom. The largest absolute Gasteiger partial charge is 0.416 e. The van der Waals surface area contributed by atoms with E-state index in [0.29, 0.717) is 5.69 Å². The average molecular weight is 324 g/mol. The molecule has 2 aromatic carbocycles. The summed E-state index contributed by atoms with van der Waals surface area (Å²) in [6.07, 6.45) is -4.37. The van der Waals surface area contributed by atoms with Crippen LogP contribution in [0, 0.1) is 0 Å². The van der Waals surface area contributed by atoms with E-state index in [9.17, 15) is 13.2 Å². The molecule has 0 saturated carbocycles. The molecule has 0 saturated heterocycles. The monoisotopic (exact) mass is 324 g/mol. The van der Waals surface area contributed by atoms with Gasteiger partial charge in [0.25, 0.3) is 0 Å². The summed E-state index contributed by atoms with van der Waals surface area (Å²) in [4.78, 5) is 0. The molecule has 0 aliphatic carbocycles. The number of alkyl halides is 3. The lowest BCUT2D eigenvalue weighted by atomic mass is 10.1. The molecular formula is C16H15F3N2S. The van der Waals surface area contributed by atoms with Crippen molar-refractivity contribution in [3.05, 3.63) is 65.7 Å². The maximum Gasteiger partial charge on any atom is 0.416 e. The van der Waals surface area contributed by atoms with Crippen molar-refractivity contribution in [2.75, 3.05) is 5.32 Å². The number of nitrogens with one attached hydrogen (secondary N) is 2. The third-order valence-corrected chi connectivity index (χ3v) is 3.31. The van der Waals surface area contributed by atoms with Crippen molar-refractivity contribution in [3.63, 3.8) is 0 Å². The van der Waals surface area contributed by atoms with Crippen LogP contribution in [0.4, 0.5) is 18.9 Å². The van der Waals surface area contributed by atoms with E-state index < -0.39 is 11.7 Å². The lowest BCUT2D eigenvalue weighted by Crippen LogP contribution is -2.30. The van der Waals surface area contributed by atoms with Crippen LogP contribution in [0.25, 0.3) is 0 Å². The summed E-state index contributed by atoms with van der Waals surface area (Å²) in [5.41, 5.74) is 0.625. The van der Waals surface area contributed by atoms with Crippen LogP contribution in [0.5, 0.6) is 0 Å². The van der Waals surface area contributed by atoms with Gasteiger partial charge in [0.15, 0.2) is 5.11 Å². The van der Waals surface area contributed by atoms with Crippen LogP contribution in [0.15, 0.2) is 54.6 Å². The Kier molecular flexibility index (Phi) is 5.03. The minimum absolute atomic E-state index is 0.0491. The Hall–Kier alpha value is -2.08. The van der Waals surface area contributed by atoms with E-state index >= 15 is 0 Å². The summed E-state index contributed by atoms with van der Waals surface area (Å²) in [6, 6.07) is 14.5. The molecule has 6 heteroatoms. The maximum atomic E-state index is 12.7. The molecule has 2 N–H and O–H groups in total. The van der Waals surface area contributed by atoms with Crippen molar-refractivity contribution in [2.24, 2.45) is 0 Å². The zero-order chi connectivity index (χ0) is 16.2. The van der Waals surface area contributed by atoms with Gasteiger partial charge in [0.1, 0.15) is 0 Å². The van der Waals surface area contributed by atoms with Gasteiger partial charge in [-0.2, -0.15) is 13.2 Å². The first-order chi connectivity index (χ1) is 10.4. The molecule has 2 nitrogen and oxygen atoms in total. The van der Waals surface area contributed by atoms with E-state index in [1.165, 1.54) is 12.1 Å². The Bertz CT molecular complexity index is 641. The lowest BCUT2D eigenvalue weighted by molar-refractivity contribution is -0.137. The standard InChI is InChI=1S/C16H15F3N2S/c1-11(12-6-3-2-4-7-12)20-15(22)21-14-9-5-8-13(10-14)16(17,18)19/h2-11H,1H3,(H2,20,21,22). The van der Waals surface area contributed by atoms with Crippen LogP contribution in [0.2, 0.25) is 0 Å². The van der Waals surface area contributed by atoms with Crippen molar-refractivity contribution in [1.29, 1.82) is 0 Å². The summed E-state index contributed by atoms with van der Waals surface area (Å²) in [7, 11) is 0. The van der Waals surface area contributed by atoms with E-state index in [1.54, 1.807) is 0 Å². The zero-order valence-electron chi connectivity index (χ0n) is 11.8. The first-order valence-electron chi connectivity index (χ1n) is 6.66. The molecule has 1 unspecified atom stereocenters. The first-order valence-corrected chi connectivity index (χ1v) is 7.07. The first kappa shape index (κ1) is 16.3. The highest BCUT2D eigenvalue weighted by atomic mass is 32.1. The van der Waals surface area contributed by atoms with Gasteiger partial charge in [-0.25, -0.2) is 0 Å². The van der Waals surface area contributed by atoms with Gasteiger partial charge in [0.05, 0.1) is 11.6 Å². The molecule has 0 spiro atoms. The molecule has 0 radical (unpaired) electrons. The number of hydrogen-bond acceptors (Lipinski definition) is 1. The van der Waals surface area contributed by atoms with Gasteiger partial charge < -0.3 is 10.6 Å². The highest BCUT2D eigenvalue weighted by Gasteiger charge is 2.30. The molecule has 22 heavy (non-hydrogen) atoms. The molecule has 116 valence electrons. The topological polar surface area (TPSA) is 24.1 Å². The quantitative estimate of drug-likeness (QED) is 0.797. The van der Waals surface area contributed by atoms with Crippen LogP contribution in [-0.4, -0.2) is 5.11 Å². The molecule has 2 rings (SSSR count). The average Bonchev–Trinajstić information content (AvgIpc) is 2.47. The second kappa shape index (κ2) is 6.79. The fraction of sp³-hybridized carbons (Fsp3) is 0.188. The van der Waals surface area contributed by atoms with Gasteiger partial charge in [0, 0.05) is 5.69 Å². The predicted molar refractivity (Wildman–Crippen MR) is 85.7 cm³/mol. The van der Waals surface area contributed by atoms with E-state index in [-0.39, 0.29) is 11.2 Å². The number of hydrogen-bond donors (Lipinski definition) is 2. The highest BCUT2D eigenvalue weighted by Crippen LogP contribution is 2.30. The van der Waals surface area contributed by atoms with Crippen molar-refractivity contribution < 1.29 is 13.2 Å². The second-order valence-corrected chi connectivity index (χ2v) is 5.22. The molecule has 0 aliphatic rings. The van der Waals surface area contributed by atoms with E-state index in [4.69, 9.17) is 12.2 Å². The molecule has 0 aliphatic heterocycles. The Balaban J connectivity index is 2.01. The van der Waals surface area contributed by atoms with Crippen LogP contribution in [-0.2, 0) is 6.18 Å². The third kappa shape index (κ3) is 4.46. The number of anilines is 1. The van der Waals surface area contributed by atoms with Crippen LogP contribution in [0.3, 0.4) is 0 Å².